The Morgan fingerprint density at radius 2 is 2.00 bits per heavy atom. The molecule has 14 heavy (non-hydrogen) atoms. The number of nitrogens with one attached hydrogen (secondary N) is 1. The Bertz CT molecular complexity index is 301. The van der Waals surface area contributed by atoms with E-state index in [2.05, 4.69) is 5.32 Å². The smallest absolute Gasteiger partial charge is 0.157 e. The lowest BCUT2D eigenvalue weighted by atomic mass is 10.2. The average molecular weight is 197 g/mol. The second-order valence-corrected chi connectivity index (χ2v) is 3.29. The number of benzene rings is 1. The fourth-order valence-electron chi connectivity index (χ4n) is 1.04. The van der Waals surface area contributed by atoms with Gasteiger partial charge in [-0.3, -0.25) is 0 Å². The van der Waals surface area contributed by atoms with Crippen LogP contribution in [-0.4, -0.2) is 28.0 Å². The highest BCUT2D eigenvalue weighted by Crippen LogP contribution is 2.24. The molecule has 1 aromatic rings. The first-order valence-corrected chi connectivity index (χ1v) is 4.48. The molecule has 1 rings (SSSR count). The molecule has 0 fully saturated rings. The normalized spacial score (nSPS) is 12.7. The molecule has 0 saturated carbocycles. The van der Waals surface area contributed by atoms with Gasteiger partial charge in [0.25, 0.3) is 0 Å². The van der Waals surface area contributed by atoms with Crippen LogP contribution >= 0.6 is 0 Å². The largest absolute Gasteiger partial charge is 0.504 e. The summed E-state index contributed by atoms with van der Waals surface area (Å²) in [5.74, 6) is -0.245. The number of hydrogen-bond donors (Lipinski definition) is 4. The van der Waals surface area contributed by atoms with Crippen molar-refractivity contribution in [2.75, 3.05) is 6.61 Å². The van der Waals surface area contributed by atoms with Crippen LogP contribution in [0.5, 0.6) is 11.5 Å². The third-order valence-corrected chi connectivity index (χ3v) is 1.97. The van der Waals surface area contributed by atoms with E-state index in [9.17, 15) is 5.11 Å². The molecule has 0 amide bonds. The lowest BCUT2D eigenvalue weighted by molar-refractivity contribution is 0.251. The lowest BCUT2D eigenvalue weighted by Crippen LogP contribution is -2.28. The number of aliphatic hydroxyl groups is 1. The van der Waals surface area contributed by atoms with E-state index < -0.39 is 0 Å². The molecule has 1 atom stereocenters. The van der Waals surface area contributed by atoms with Crippen molar-refractivity contribution in [2.45, 2.75) is 19.5 Å². The van der Waals surface area contributed by atoms with Crippen molar-refractivity contribution >= 4 is 0 Å². The Labute approximate surface area is 82.8 Å². The molecular formula is C10H15NO3. The molecule has 0 heterocycles. The summed E-state index contributed by atoms with van der Waals surface area (Å²) in [5, 5.41) is 30.1. The molecule has 0 aliphatic carbocycles. The van der Waals surface area contributed by atoms with Crippen molar-refractivity contribution in [3.8, 4) is 11.5 Å². The van der Waals surface area contributed by atoms with Crippen LogP contribution in [0.2, 0.25) is 0 Å². The summed E-state index contributed by atoms with van der Waals surface area (Å²) in [4.78, 5) is 0. The molecule has 78 valence electrons. The number of phenols is 2. The van der Waals surface area contributed by atoms with Gasteiger partial charge in [-0.1, -0.05) is 6.07 Å². The summed E-state index contributed by atoms with van der Waals surface area (Å²) in [6, 6.07) is 4.67. The van der Waals surface area contributed by atoms with Gasteiger partial charge >= 0.3 is 0 Å². The van der Waals surface area contributed by atoms with Crippen LogP contribution in [0, 0.1) is 0 Å². The molecule has 0 radical (unpaired) electrons. The zero-order valence-electron chi connectivity index (χ0n) is 8.07. The highest BCUT2D eigenvalue weighted by molar-refractivity contribution is 5.40. The molecule has 0 aromatic heterocycles. The second kappa shape index (κ2) is 4.83. The first-order chi connectivity index (χ1) is 6.63. The first-order valence-electron chi connectivity index (χ1n) is 4.48. The van der Waals surface area contributed by atoms with Gasteiger partial charge in [0.15, 0.2) is 11.5 Å². The van der Waals surface area contributed by atoms with E-state index in [4.69, 9.17) is 10.2 Å². The molecule has 0 saturated heterocycles. The SMILES string of the molecule is CC(CO)NCc1ccc(O)c(O)c1. The number of phenolic OH excluding ortho intramolecular Hbond substituents is 2. The molecule has 0 aliphatic rings. The highest BCUT2D eigenvalue weighted by Gasteiger charge is 2.02. The molecule has 4 N–H and O–H groups in total. The van der Waals surface area contributed by atoms with Crippen molar-refractivity contribution in [3.63, 3.8) is 0 Å². The van der Waals surface area contributed by atoms with E-state index in [0.29, 0.717) is 6.54 Å². The number of aromatic hydroxyl groups is 2. The van der Waals surface area contributed by atoms with Gasteiger partial charge in [0.1, 0.15) is 0 Å². The summed E-state index contributed by atoms with van der Waals surface area (Å²) in [6.45, 7) is 2.49. The molecule has 4 heteroatoms. The van der Waals surface area contributed by atoms with Gasteiger partial charge in [-0.05, 0) is 24.6 Å². The van der Waals surface area contributed by atoms with Crippen molar-refractivity contribution in [3.05, 3.63) is 23.8 Å². The van der Waals surface area contributed by atoms with Gasteiger partial charge in [0.05, 0.1) is 6.61 Å². The number of rotatable bonds is 4. The third-order valence-electron chi connectivity index (χ3n) is 1.97. The topological polar surface area (TPSA) is 72.7 Å². The van der Waals surface area contributed by atoms with E-state index >= 15 is 0 Å². The standard InChI is InChI=1S/C10H15NO3/c1-7(6-12)11-5-8-2-3-9(13)10(14)4-8/h2-4,7,11-14H,5-6H2,1H3. The van der Waals surface area contributed by atoms with Crippen LogP contribution in [0.15, 0.2) is 18.2 Å². The monoisotopic (exact) mass is 197 g/mol. The molecule has 1 unspecified atom stereocenters. The van der Waals surface area contributed by atoms with Crippen molar-refractivity contribution < 1.29 is 15.3 Å². The van der Waals surface area contributed by atoms with Gasteiger partial charge in [-0.25, -0.2) is 0 Å². The van der Waals surface area contributed by atoms with E-state index in [1.807, 2.05) is 6.92 Å². The molecular weight excluding hydrogens is 182 g/mol. The fraction of sp³-hybridized carbons (Fsp3) is 0.400. The van der Waals surface area contributed by atoms with Gasteiger partial charge in [0.2, 0.25) is 0 Å². The van der Waals surface area contributed by atoms with E-state index in [0.717, 1.165) is 5.56 Å². The number of aliphatic hydroxyl groups excluding tert-OH is 1. The zero-order chi connectivity index (χ0) is 10.6. The molecule has 0 bridgehead atoms. The Morgan fingerprint density at radius 3 is 2.57 bits per heavy atom. The predicted molar refractivity (Wildman–Crippen MR) is 53.2 cm³/mol. The Morgan fingerprint density at radius 1 is 1.29 bits per heavy atom. The van der Waals surface area contributed by atoms with Crippen molar-refractivity contribution in [2.24, 2.45) is 0 Å². The van der Waals surface area contributed by atoms with Crippen LogP contribution in [-0.2, 0) is 6.54 Å². The fourth-order valence-corrected chi connectivity index (χ4v) is 1.04. The highest BCUT2D eigenvalue weighted by atomic mass is 16.3. The maximum Gasteiger partial charge on any atom is 0.157 e. The maximum absolute atomic E-state index is 9.20. The van der Waals surface area contributed by atoms with Crippen molar-refractivity contribution in [1.82, 2.24) is 5.32 Å². The minimum Gasteiger partial charge on any atom is -0.504 e. The van der Waals surface area contributed by atoms with Crippen molar-refractivity contribution in [1.29, 1.82) is 0 Å². The van der Waals surface area contributed by atoms with Gasteiger partial charge in [0, 0.05) is 12.6 Å². The molecule has 0 spiro atoms. The summed E-state index contributed by atoms with van der Waals surface area (Å²) in [6.07, 6.45) is 0. The van der Waals surface area contributed by atoms with Gasteiger partial charge < -0.3 is 20.6 Å². The van der Waals surface area contributed by atoms with E-state index in [-0.39, 0.29) is 24.1 Å². The minimum absolute atomic E-state index is 0.0194. The van der Waals surface area contributed by atoms with Crippen LogP contribution in [0.3, 0.4) is 0 Å². The Hall–Kier alpha value is -1.26. The van der Waals surface area contributed by atoms with E-state index in [1.165, 1.54) is 12.1 Å². The van der Waals surface area contributed by atoms with Crippen LogP contribution < -0.4 is 5.32 Å². The van der Waals surface area contributed by atoms with E-state index in [1.54, 1.807) is 6.07 Å². The van der Waals surface area contributed by atoms with Crippen LogP contribution in [0.25, 0.3) is 0 Å². The lowest BCUT2D eigenvalue weighted by Gasteiger charge is -2.10. The van der Waals surface area contributed by atoms with Crippen LogP contribution in [0.4, 0.5) is 0 Å². The summed E-state index contributed by atoms with van der Waals surface area (Å²) >= 11 is 0. The minimum atomic E-state index is -0.124. The molecule has 0 aliphatic heterocycles. The second-order valence-electron chi connectivity index (χ2n) is 3.29. The molecule has 4 nitrogen and oxygen atoms in total. The van der Waals surface area contributed by atoms with Crippen LogP contribution in [0.1, 0.15) is 12.5 Å². The first kappa shape index (κ1) is 10.8. The summed E-state index contributed by atoms with van der Waals surface area (Å²) in [7, 11) is 0. The number of hydrogen-bond acceptors (Lipinski definition) is 4. The average Bonchev–Trinajstić information content (AvgIpc) is 2.19. The zero-order valence-corrected chi connectivity index (χ0v) is 8.07. The quantitative estimate of drug-likeness (QED) is 0.532. The summed E-state index contributed by atoms with van der Waals surface area (Å²) in [5.41, 5.74) is 0.862. The third kappa shape index (κ3) is 2.90. The van der Waals surface area contributed by atoms with Gasteiger partial charge in [-0.15, -0.1) is 0 Å². The summed E-state index contributed by atoms with van der Waals surface area (Å²) < 4.78 is 0. The Balaban J connectivity index is 2.55. The molecule has 1 aromatic carbocycles. The van der Waals surface area contributed by atoms with Gasteiger partial charge in [-0.2, -0.15) is 0 Å². The predicted octanol–water partition coefficient (Wildman–Crippen LogP) is 0.568. The Kier molecular flexibility index (Phi) is 3.73. The maximum atomic E-state index is 9.20.